The lowest BCUT2D eigenvalue weighted by Gasteiger charge is -2.11. The van der Waals surface area contributed by atoms with Crippen molar-refractivity contribution in [2.75, 3.05) is 7.11 Å². The zero-order chi connectivity index (χ0) is 18.5. The van der Waals surface area contributed by atoms with Crippen LogP contribution in [0, 0.1) is 13.8 Å². The van der Waals surface area contributed by atoms with Gasteiger partial charge in [-0.05, 0) is 38.1 Å². The van der Waals surface area contributed by atoms with Gasteiger partial charge in [0.2, 0.25) is 0 Å². The Morgan fingerprint density at radius 1 is 1.12 bits per heavy atom. The maximum atomic E-state index is 6.36. The third-order valence-corrected chi connectivity index (χ3v) is 4.64. The summed E-state index contributed by atoms with van der Waals surface area (Å²) in [5.41, 5.74) is 8.39. The standard InChI is InChI=1S/C21H22ClN3O/c1-15-12-18(16(2)25(15)20-10-6-5-9-19(20)22)14-24-23-13-17-8-4-7-11-21(17)26-3/h4-12,14,23H,13H2,1-3H3/b24-14-. The zero-order valence-electron chi connectivity index (χ0n) is 15.2. The van der Waals surface area contributed by atoms with Crippen LogP contribution in [0.15, 0.2) is 59.7 Å². The number of ether oxygens (including phenoxy) is 1. The molecule has 134 valence electrons. The van der Waals surface area contributed by atoms with Gasteiger partial charge in [-0.1, -0.05) is 41.9 Å². The van der Waals surface area contributed by atoms with Crippen molar-refractivity contribution in [3.63, 3.8) is 0 Å². The van der Waals surface area contributed by atoms with Gasteiger partial charge in [0.1, 0.15) is 5.75 Å². The third kappa shape index (κ3) is 3.75. The van der Waals surface area contributed by atoms with Crippen LogP contribution in [-0.4, -0.2) is 17.9 Å². The van der Waals surface area contributed by atoms with Gasteiger partial charge in [0.15, 0.2) is 0 Å². The molecule has 0 aliphatic carbocycles. The van der Waals surface area contributed by atoms with Crippen LogP contribution in [0.25, 0.3) is 5.69 Å². The molecule has 4 nitrogen and oxygen atoms in total. The molecule has 0 spiro atoms. The minimum absolute atomic E-state index is 0.601. The number of para-hydroxylation sites is 2. The molecule has 1 heterocycles. The molecule has 0 aliphatic heterocycles. The van der Waals surface area contributed by atoms with Crippen LogP contribution in [0.1, 0.15) is 22.5 Å². The van der Waals surface area contributed by atoms with Crippen molar-refractivity contribution < 1.29 is 4.74 Å². The minimum Gasteiger partial charge on any atom is -0.496 e. The molecule has 0 saturated heterocycles. The maximum Gasteiger partial charge on any atom is 0.123 e. The van der Waals surface area contributed by atoms with E-state index in [1.807, 2.05) is 54.7 Å². The Bertz CT molecular complexity index is 931. The van der Waals surface area contributed by atoms with Gasteiger partial charge >= 0.3 is 0 Å². The van der Waals surface area contributed by atoms with E-state index in [0.29, 0.717) is 6.54 Å². The number of aryl methyl sites for hydroxylation is 1. The molecule has 0 amide bonds. The highest BCUT2D eigenvalue weighted by molar-refractivity contribution is 6.32. The molecule has 0 fully saturated rings. The van der Waals surface area contributed by atoms with Crippen molar-refractivity contribution in [3.8, 4) is 11.4 Å². The number of hydrazone groups is 1. The lowest BCUT2D eigenvalue weighted by atomic mass is 10.2. The smallest absolute Gasteiger partial charge is 0.123 e. The topological polar surface area (TPSA) is 38.5 Å². The fourth-order valence-corrected chi connectivity index (χ4v) is 3.24. The zero-order valence-corrected chi connectivity index (χ0v) is 15.9. The lowest BCUT2D eigenvalue weighted by Crippen LogP contribution is -2.07. The molecule has 0 radical (unpaired) electrons. The minimum atomic E-state index is 0.601. The van der Waals surface area contributed by atoms with Crippen LogP contribution in [-0.2, 0) is 6.54 Å². The first kappa shape index (κ1) is 18.1. The van der Waals surface area contributed by atoms with Crippen molar-refractivity contribution >= 4 is 17.8 Å². The van der Waals surface area contributed by atoms with E-state index in [0.717, 1.165) is 39.0 Å². The summed E-state index contributed by atoms with van der Waals surface area (Å²) in [5.74, 6) is 0.854. The largest absolute Gasteiger partial charge is 0.496 e. The van der Waals surface area contributed by atoms with Crippen molar-refractivity contribution in [2.45, 2.75) is 20.4 Å². The molecule has 1 aromatic heterocycles. The summed E-state index contributed by atoms with van der Waals surface area (Å²) in [7, 11) is 1.67. The van der Waals surface area contributed by atoms with Crippen molar-refractivity contribution in [1.29, 1.82) is 0 Å². The number of nitrogens with zero attached hydrogens (tertiary/aromatic N) is 2. The van der Waals surface area contributed by atoms with E-state index in [1.165, 1.54) is 0 Å². The molecule has 1 N–H and O–H groups in total. The Morgan fingerprint density at radius 3 is 2.62 bits per heavy atom. The first-order valence-electron chi connectivity index (χ1n) is 8.43. The van der Waals surface area contributed by atoms with Crippen molar-refractivity contribution in [3.05, 3.63) is 82.1 Å². The molecule has 3 aromatic rings. The molecular formula is C21H22ClN3O. The number of halogens is 1. The number of aromatic nitrogens is 1. The summed E-state index contributed by atoms with van der Waals surface area (Å²) in [6, 6.07) is 17.8. The van der Waals surface area contributed by atoms with E-state index in [9.17, 15) is 0 Å². The maximum absolute atomic E-state index is 6.36. The van der Waals surface area contributed by atoms with Crippen LogP contribution in [0.2, 0.25) is 5.02 Å². The molecular weight excluding hydrogens is 346 g/mol. The van der Waals surface area contributed by atoms with Gasteiger partial charge in [0.05, 0.1) is 30.6 Å². The van der Waals surface area contributed by atoms with Crippen LogP contribution in [0.4, 0.5) is 0 Å². The first-order valence-corrected chi connectivity index (χ1v) is 8.81. The summed E-state index contributed by atoms with van der Waals surface area (Å²) in [4.78, 5) is 0. The SMILES string of the molecule is COc1ccccc1CN/N=C\c1cc(C)n(-c2ccccc2Cl)c1C. The summed E-state index contributed by atoms with van der Waals surface area (Å²) < 4.78 is 7.49. The summed E-state index contributed by atoms with van der Waals surface area (Å²) in [6.45, 7) is 4.73. The van der Waals surface area contributed by atoms with Gasteiger partial charge in [0.25, 0.3) is 0 Å². The average Bonchev–Trinajstić information content (AvgIpc) is 2.93. The summed E-state index contributed by atoms with van der Waals surface area (Å²) in [5, 5.41) is 5.10. The Morgan fingerprint density at radius 2 is 1.85 bits per heavy atom. The van der Waals surface area contributed by atoms with E-state index in [2.05, 4.69) is 35.0 Å². The van der Waals surface area contributed by atoms with E-state index >= 15 is 0 Å². The van der Waals surface area contributed by atoms with E-state index < -0.39 is 0 Å². The molecule has 2 aromatic carbocycles. The summed E-state index contributed by atoms with van der Waals surface area (Å²) >= 11 is 6.36. The van der Waals surface area contributed by atoms with E-state index in [1.54, 1.807) is 7.11 Å². The van der Waals surface area contributed by atoms with Crippen molar-refractivity contribution in [1.82, 2.24) is 9.99 Å². The Hall–Kier alpha value is -2.72. The van der Waals surface area contributed by atoms with Gasteiger partial charge in [-0.2, -0.15) is 5.10 Å². The Kier molecular flexibility index (Phi) is 5.64. The highest BCUT2D eigenvalue weighted by atomic mass is 35.5. The van der Waals surface area contributed by atoms with Gasteiger partial charge in [-0.15, -0.1) is 0 Å². The molecule has 0 bridgehead atoms. The fraction of sp³-hybridized carbons (Fsp3) is 0.190. The number of benzene rings is 2. The van der Waals surface area contributed by atoms with E-state index in [4.69, 9.17) is 16.3 Å². The quantitative estimate of drug-likeness (QED) is 0.498. The highest BCUT2D eigenvalue weighted by Gasteiger charge is 2.11. The highest BCUT2D eigenvalue weighted by Crippen LogP contribution is 2.25. The normalized spacial score (nSPS) is 11.1. The second-order valence-electron chi connectivity index (χ2n) is 6.02. The number of nitrogens with one attached hydrogen (secondary N) is 1. The van der Waals surface area contributed by atoms with Gasteiger partial charge in [0, 0.05) is 22.5 Å². The second kappa shape index (κ2) is 8.11. The van der Waals surface area contributed by atoms with E-state index in [-0.39, 0.29) is 0 Å². The molecule has 0 saturated carbocycles. The van der Waals surface area contributed by atoms with Crippen LogP contribution in [0.3, 0.4) is 0 Å². The number of rotatable bonds is 6. The summed E-state index contributed by atoms with van der Waals surface area (Å²) in [6.07, 6.45) is 1.84. The lowest BCUT2D eigenvalue weighted by molar-refractivity contribution is 0.408. The number of hydrogen-bond acceptors (Lipinski definition) is 3. The molecule has 26 heavy (non-hydrogen) atoms. The fourth-order valence-electron chi connectivity index (χ4n) is 3.02. The average molecular weight is 368 g/mol. The van der Waals surface area contributed by atoms with Gasteiger partial charge < -0.3 is 14.7 Å². The van der Waals surface area contributed by atoms with Gasteiger partial charge in [-0.3, -0.25) is 0 Å². The number of methoxy groups -OCH3 is 1. The molecule has 0 unspecified atom stereocenters. The molecule has 0 aliphatic rings. The van der Waals surface area contributed by atoms with Crippen LogP contribution in [0.5, 0.6) is 5.75 Å². The third-order valence-electron chi connectivity index (χ3n) is 4.32. The van der Waals surface area contributed by atoms with Crippen molar-refractivity contribution in [2.24, 2.45) is 5.10 Å². The first-order chi connectivity index (χ1) is 12.6. The van der Waals surface area contributed by atoms with Crippen LogP contribution < -0.4 is 10.2 Å². The second-order valence-corrected chi connectivity index (χ2v) is 6.43. The number of hydrogen-bond donors (Lipinski definition) is 1. The predicted octanol–water partition coefficient (Wildman–Crippen LogP) is 4.88. The monoisotopic (exact) mass is 367 g/mol. The van der Waals surface area contributed by atoms with Gasteiger partial charge in [-0.25, -0.2) is 0 Å². The predicted molar refractivity (Wildman–Crippen MR) is 108 cm³/mol. The molecule has 3 rings (SSSR count). The van der Waals surface area contributed by atoms with Crippen LogP contribution >= 0.6 is 11.6 Å². The molecule has 5 heteroatoms. The Labute approximate surface area is 159 Å². The molecule has 0 atom stereocenters. The Balaban J connectivity index is 1.76.